The molecule has 1 aliphatic rings. The van der Waals surface area contributed by atoms with Gasteiger partial charge in [-0.05, 0) is 40.7 Å². The zero-order valence-electron chi connectivity index (χ0n) is 12.8. The van der Waals surface area contributed by atoms with E-state index in [9.17, 15) is 9.50 Å². The molecule has 1 aromatic carbocycles. The third kappa shape index (κ3) is 1.93. The van der Waals surface area contributed by atoms with Crippen LogP contribution in [0, 0.1) is 12.7 Å². The number of halogens is 1. The van der Waals surface area contributed by atoms with Crippen molar-refractivity contribution in [2.45, 2.75) is 45.8 Å². The normalized spacial score (nSPS) is 16.1. The van der Waals surface area contributed by atoms with Gasteiger partial charge in [-0.25, -0.2) is 4.39 Å². The predicted molar refractivity (Wildman–Crippen MR) is 77.9 cm³/mol. The summed E-state index contributed by atoms with van der Waals surface area (Å²) in [7, 11) is 0. The van der Waals surface area contributed by atoms with Gasteiger partial charge in [0.15, 0.2) is 5.82 Å². The number of aryl methyl sites for hydroxylation is 1. The Morgan fingerprint density at radius 1 is 1.29 bits per heavy atom. The number of aliphatic hydroxyl groups is 1. The van der Waals surface area contributed by atoms with Crippen LogP contribution in [0.2, 0.25) is 0 Å². The van der Waals surface area contributed by atoms with Gasteiger partial charge in [0.1, 0.15) is 17.3 Å². The van der Waals surface area contributed by atoms with E-state index in [-0.39, 0.29) is 5.82 Å². The van der Waals surface area contributed by atoms with Crippen molar-refractivity contribution in [2.24, 2.45) is 0 Å². The molecule has 1 aliphatic heterocycles. The zero-order valence-corrected chi connectivity index (χ0v) is 12.8. The van der Waals surface area contributed by atoms with Gasteiger partial charge in [-0.2, -0.15) is 0 Å². The van der Waals surface area contributed by atoms with Gasteiger partial charge in [-0.15, -0.1) is 10.2 Å². The average molecular weight is 290 g/mol. The van der Waals surface area contributed by atoms with Gasteiger partial charge in [-0.1, -0.05) is 6.07 Å². The van der Waals surface area contributed by atoms with E-state index in [0.29, 0.717) is 28.6 Å². The molecule has 0 spiro atoms. The van der Waals surface area contributed by atoms with Gasteiger partial charge in [-0.3, -0.25) is 4.57 Å². The maximum absolute atomic E-state index is 14.4. The van der Waals surface area contributed by atoms with Crippen molar-refractivity contribution in [2.75, 3.05) is 5.32 Å². The minimum Gasteiger partial charge on any atom is -0.386 e. The molecule has 21 heavy (non-hydrogen) atoms. The van der Waals surface area contributed by atoms with Gasteiger partial charge >= 0.3 is 0 Å². The Bertz CT molecular complexity index is 728. The fraction of sp³-hybridized carbons (Fsp3) is 0.467. The Balaban J connectivity index is 2.41. The second kappa shape index (κ2) is 4.04. The summed E-state index contributed by atoms with van der Waals surface area (Å²) in [6, 6.07) is 2.98. The van der Waals surface area contributed by atoms with Crippen LogP contribution in [0.15, 0.2) is 12.1 Å². The Morgan fingerprint density at radius 2 is 1.95 bits per heavy atom. The van der Waals surface area contributed by atoms with E-state index in [2.05, 4.69) is 15.5 Å². The number of fused-ring (bicyclic) bond motifs is 3. The van der Waals surface area contributed by atoms with E-state index in [1.807, 2.05) is 13.8 Å². The van der Waals surface area contributed by atoms with E-state index in [0.717, 1.165) is 0 Å². The average Bonchev–Trinajstić information content (AvgIpc) is 2.70. The quantitative estimate of drug-likeness (QED) is 0.847. The summed E-state index contributed by atoms with van der Waals surface area (Å²) in [4.78, 5) is 0. The first-order valence-electron chi connectivity index (χ1n) is 6.89. The Hall–Kier alpha value is -1.95. The molecule has 0 atom stereocenters. The van der Waals surface area contributed by atoms with Crippen molar-refractivity contribution in [3.63, 3.8) is 0 Å². The van der Waals surface area contributed by atoms with Crippen molar-refractivity contribution in [1.82, 2.24) is 14.8 Å². The third-order valence-corrected chi connectivity index (χ3v) is 3.83. The molecule has 3 rings (SSSR count). The van der Waals surface area contributed by atoms with Crippen molar-refractivity contribution >= 4 is 5.69 Å². The molecule has 0 fully saturated rings. The number of benzene rings is 1. The molecule has 2 N–H and O–H groups in total. The topological polar surface area (TPSA) is 63.0 Å². The van der Waals surface area contributed by atoms with Crippen LogP contribution in [0.1, 0.15) is 44.9 Å². The van der Waals surface area contributed by atoms with E-state index in [1.54, 1.807) is 31.4 Å². The molecule has 0 saturated heterocycles. The largest absolute Gasteiger partial charge is 0.386 e. The fourth-order valence-corrected chi connectivity index (χ4v) is 2.82. The van der Waals surface area contributed by atoms with E-state index < -0.39 is 11.1 Å². The molecule has 2 heterocycles. The lowest BCUT2D eigenvalue weighted by molar-refractivity contribution is 0.0790. The summed E-state index contributed by atoms with van der Waals surface area (Å²) in [5, 5.41) is 21.9. The molecule has 0 saturated carbocycles. The molecule has 0 radical (unpaired) electrons. The van der Waals surface area contributed by atoms with Crippen LogP contribution in [0.5, 0.6) is 0 Å². The number of hydrogen-bond acceptors (Lipinski definition) is 4. The number of rotatable bonds is 1. The number of hydrogen-bond donors (Lipinski definition) is 2. The summed E-state index contributed by atoms with van der Waals surface area (Å²) >= 11 is 0. The molecule has 2 aromatic rings. The minimum atomic E-state index is -1.08. The molecule has 1 aromatic heterocycles. The highest BCUT2D eigenvalue weighted by Gasteiger charge is 2.38. The molecular formula is C15H19FN4O. The Kier molecular flexibility index (Phi) is 2.69. The second-order valence-electron chi connectivity index (χ2n) is 6.53. The zero-order chi connectivity index (χ0) is 15.6. The lowest BCUT2D eigenvalue weighted by Crippen LogP contribution is -2.38. The van der Waals surface area contributed by atoms with Crippen molar-refractivity contribution < 1.29 is 9.50 Å². The number of aromatic nitrogens is 3. The van der Waals surface area contributed by atoms with Gasteiger partial charge in [0.25, 0.3) is 0 Å². The first-order valence-corrected chi connectivity index (χ1v) is 6.89. The van der Waals surface area contributed by atoms with E-state index >= 15 is 0 Å². The lowest BCUT2D eigenvalue weighted by atomic mass is 9.91. The van der Waals surface area contributed by atoms with Crippen molar-refractivity contribution in [1.29, 1.82) is 0 Å². The third-order valence-electron chi connectivity index (χ3n) is 3.83. The van der Waals surface area contributed by atoms with Crippen LogP contribution < -0.4 is 5.32 Å². The maximum atomic E-state index is 14.4. The summed E-state index contributed by atoms with van der Waals surface area (Å²) < 4.78 is 16.1. The highest BCUT2D eigenvalue weighted by molar-refractivity contribution is 5.72. The Morgan fingerprint density at radius 3 is 2.57 bits per heavy atom. The molecule has 0 aliphatic carbocycles. The first-order chi connectivity index (χ1) is 9.63. The molecule has 0 amide bonds. The van der Waals surface area contributed by atoms with Crippen LogP contribution in [-0.4, -0.2) is 19.9 Å². The van der Waals surface area contributed by atoms with Crippen LogP contribution in [0.3, 0.4) is 0 Å². The van der Waals surface area contributed by atoms with Crippen LogP contribution in [0.4, 0.5) is 10.1 Å². The van der Waals surface area contributed by atoms with Crippen molar-refractivity contribution in [3.05, 3.63) is 35.2 Å². The van der Waals surface area contributed by atoms with Crippen molar-refractivity contribution in [3.8, 4) is 5.69 Å². The monoisotopic (exact) mass is 290 g/mol. The van der Waals surface area contributed by atoms with Crippen LogP contribution >= 0.6 is 0 Å². The van der Waals surface area contributed by atoms with Gasteiger partial charge in [0.2, 0.25) is 0 Å². The highest BCUT2D eigenvalue weighted by atomic mass is 19.1. The number of nitrogens with zero attached hydrogens (tertiary/aromatic N) is 3. The van der Waals surface area contributed by atoms with Gasteiger partial charge in [0, 0.05) is 5.56 Å². The smallest absolute Gasteiger partial charge is 0.162 e. The second-order valence-corrected chi connectivity index (χ2v) is 6.53. The van der Waals surface area contributed by atoms with E-state index in [1.165, 1.54) is 6.07 Å². The minimum absolute atomic E-state index is 0.367. The van der Waals surface area contributed by atoms with Gasteiger partial charge in [0.05, 0.1) is 16.8 Å². The number of anilines is 1. The fourth-order valence-electron chi connectivity index (χ4n) is 2.82. The predicted octanol–water partition coefficient (Wildman–Crippen LogP) is 2.60. The molecule has 6 heteroatoms. The number of nitrogens with one attached hydrogen (secondary N) is 1. The standard InChI is InChI=1S/C15H19FN4O/c1-8-18-19-13-14(2,3)17-11-9(15(4,5)21)6-7-10(16)12(11)20(8)13/h6-7,17,21H,1-5H3. The molecule has 0 bridgehead atoms. The van der Waals surface area contributed by atoms with Gasteiger partial charge < -0.3 is 10.4 Å². The summed E-state index contributed by atoms with van der Waals surface area (Å²) in [6.45, 7) is 9.06. The van der Waals surface area contributed by atoms with Crippen LogP contribution in [0.25, 0.3) is 5.69 Å². The Labute approximate surface area is 122 Å². The SMILES string of the molecule is Cc1nnc2n1-c1c(F)ccc(C(C)(C)O)c1NC2(C)C. The first kappa shape index (κ1) is 14.0. The highest BCUT2D eigenvalue weighted by Crippen LogP contribution is 2.42. The molecule has 5 nitrogen and oxygen atoms in total. The van der Waals surface area contributed by atoms with E-state index in [4.69, 9.17) is 0 Å². The van der Waals surface area contributed by atoms with Crippen LogP contribution in [-0.2, 0) is 11.1 Å². The summed E-state index contributed by atoms with van der Waals surface area (Å²) in [6.07, 6.45) is 0. The summed E-state index contributed by atoms with van der Waals surface area (Å²) in [5.41, 5.74) is 0.00239. The lowest BCUT2D eigenvalue weighted by Gasteiger charge is -2.37. The summed E-state index contributed by atoms with van der Waals surface area (Å²) in [5.74, 6) is 0.900. The maximum Gasteiger partial charge on any atom is 0.162 e. The molecular weight excluding hydrogens is 271 g/mol. The molecule has 0 unspecified atom stereocenters. The molecule has 112 valence electrons.